The SMILES string of the molecule is CC[C@@H](C)[C@@H](NC(=O)COC(=O)c1ccc(C)c(C)c1)C(=O)OC. The Bertz CT molecular complexity index is 611. The van der Waals surface area contributed by atoms with Crippen molar-refractivity contribution < 1.29 is 23.9 Å². The molecule has 6 nitrogen and oxygen atoms in total. The molecule has 24 heavy (non-hydrogen) atoms. The van der Waals surface area contributed by atoms with E-state index in [1.54, 1.807) is 12.1 Å². The Hall–Kier alpha value is -2.37. The number of hydrogen-bond acceptors (Lipinski definition) is 5. The number of aryl methyl sites for hydroxylation is 2. The minimum Gasteiger partial charge on any atom is -0.467 e. The largest absolute Gasteiger partial charge is 0.467 e. The summed E-state index contributed by atoms with van der Waals surface area (Å²) in [6, 6.07) is 4.43. The van der Waals surface area contributed by atoms with Crippen molar-refractivity contribution in [2.45, 2.75) is 40.2 Å². The van der Waals surface area contributed by atoms with E-state index >= 15 is 0 Å². The average molecular weight is 335 g/mol. The van der Waals surface area contributed by atoms with Crippen LogP contribution in [0.25, 0.3) is 0 Å². The van der Waals surface area contributed by atoms with E-state index in [0.29, 0.717) is 12.0 Å². The highest BCUT2D eigenvalue weighted by molar-refractivity contribution is 5.92. The molecule has 1 aromatic carbocycles. The minimum absolute atomic E-state index is 0.0863. The van der Waals surface area contributed by atoms with Crippen LogP contribution in [-0.4, -0.2) is 37.6 Å². The van der Waals surface area contributed by atoms with E-state index in [2.05, 4.69) is 5.32 Å². The van der Waals surface area contributed by atoms with Crippen LogP contribution in [0.15, 0.2) is 18.2 Å². The third-order valence-corrected chi connectivity index (χ3v) is 4.06. The van der Waals surface area contributed by atoms with E-state index in [0.717, 1.165) is 11.1 Å². The normalized spacial score (nSPS) is 12.9. The van der Waals surface area contributed by atoms with Crippen molar-refractivity contribution in [3.63, 3.8) is 0 Å². The maximum atomic E-state index is 12.0. The number of methoxy groups -OCH3 is 1. The summed E-state index contributed by atoms with van der Waals surface area (Å²) in [6.07, 6.45) is 0.697. The van der Waals surface area contributed by atoms with E-state index in [-0.39, 0.29) is 5.92 Å². The molecule has 1 rings (SSSR count). The zero-order valence-corrected chi connectivity index (χ0v) is 14.8. The quantitative estimate of drug-likeness (QED) is 0.772. The molecule has 0 aliphatic carbocycles. The minimum atomic E-state index is -0.757. The van der Waals surface area contributed by atoms with Crippen molar-refractivity contribution >= 4 is 17.8 Å². The maximum Gasteiger partial charge on any atom is 0.338 e. The van der Waals surface area contributed by atoms with Gasteiger partial charge >= 0.3 is 11.9 Å². The highest BCUT2D eigenvalue weighted by Crippen LogP contribution is 2.11. The molecule has 0 aliphatic rings. The molecule has 0 saturated heterocycles. The molecule has 0 unspecified atom stereocenters. The Kier molecular flexibility index (Phi) is 7.42. The molecule has 0 heterocycles. The second-order valence-corrected chi connectivity index (χ2v) is 5.83. The molecule has 2 atom stereocenters. The fourth-order valence-electron chi connectivity index (χ4n) is 2.09. The van der Waals surface area contributed by atoms with E-state index in [1.165, 1.54) is 7.11 Å². The second-order valence-electron chi connectivity index (χ2n) is 5.83. The molecule has 6 heteroatoms. The first-order valence-electron chi connectivity index (χ1n) is 7.91. The van der Waals surface area contributed by atoms with Crippen molar-refractivity contribution in [3.05, 3.63) is 34.9 Å². The first-order valence-corrected chi connectivity index (χ1v) is 7.91. The van der Waals surface area contributed by atoms with Gasteiger partial charge in [0, 0.05) is 0 Å². The molecule has 0 aromatic heterocycles. The third-order valence-electron chi connectivity index (χ3n) is 4.06. The summed E-state index contributed by atoms with van der Waals surface area (Å²) >= 11 is 0. The molecule has 0 radical (unpaired) electrons. The van der Waals surface area contributed by atoms with Crippen LogP contribution in [0.4, 0.5) is 0 Å². The van der Waals surface area contributed by atoms with Crippen LogP contribution in [0, 0.1) is 19.8 Å². The fraction of sp³-hybridized carbons (Fsp3) is 0.500. The lowest BCUT2D eigenvalue weighted by Gasteiger charge is -2.21. The Morgan fingerprint density at radius 2 is 1.83 bits per heavy atom. The summed E-state index contributed by atoms with van der Waals surface area (Å²) in [4.78, 5) is 35.7. The van der Waals surface area contributed by atoms with Crippen LogP contribution in [0.5, 0.6) is 0 Å². The molecule has 0 bridgehead atoms. The van der Waals surface area contributed by atoms with Crippen LogP contribution in [0.2, 0.25) is 0 Å². The first-order chi connectivity index (χ1) is 11.3. The van der Waals surface area contributed by atoms with Gasteiger partial charge in [0.2, 0.25) is 0 Å². The van der Waals surface area contributed by atoms with Crippen molar-refractivity contribution in [2.75, 3.05) is 13.7 Å². The highest BCUT2D eigenvalue weighted by Gasteiger charge is 2.27. The van der Waals surface area contributed by atoms with E-state index in [1.807, 2.05) is 33.8 Å². The lowest BCUT2D eigenvalue weighted by atomic mass is 9.99. The van der Waals surface area contributed by atoms with Gasteiger partial charge in [-0.25, -0.2) is 9.59 Å². The summed E-state index contributed by atoms with van der Waals surface area (Å²) in [5.41, 5.74) is 2.42. The molecule has 0 saturated carbocycles. The molecule has 0 aliphatic heterocycles. The van der Waals surface area contributed by atoms with E-state index < -0.39 is 30.5 Å². The Balaban J connectivity index is 2.62. The predicted molar refractivity (Wildman–Crippen MR) is 89.6 cm³/mol. The summed E-state index contributed by atoms with van der Waals surface area (Å²) in [6.45, 7) is 7.14. The number of carbonyl (C=O) groups excluding carboxylic acids is 3. The van der Waals surface area contributed by atoms with E-state index in [9.17, 15) is 14.4 Å². The monoisotopic (exact) mass is 335 g/mol. The van der Waals surface area contributed by atoms with Crippen LogP contribution in [-0.2, 0) is 19.1 Å². The average Bonchev–Trinajstić information content (AvgIpc) is 2.58. The molecule has 0 spiro atoms. The van der Waals surface area contributed by atoms with Crippen molar-refractivity contribution in [1.82, 2.24) is 5.32 Å². The van der Waals surface area contributed by atoms with Gasteiger partial charge in [0.25, 0.3) is 5.91 Å². The molecule has 1 N–H and O–H groups in total. The van der Waals surface area contributed by atoms with Gasteiger partial charge in [0.1, 0.15) is 6.04 Å². The second kappa shape index (κ2) is 9.05. The van der Waals surface area contributed by atoms with Crippen LogP contribution < -0.4 is 5.32 Å². The van der Waals surface area contributed by atoms with Gasteiger partial charge in [0.15, 0.2) is 6.61 Å². The van der Waals surface area contributed by atoms with Gasteiger partial charge in [-0.1, -0.05) is 26.3 Å². The first kappa shape index (κ1) is 19.7. The Morgan fingerprint density at radius 1 is 1.17 bits per heavy atom. The zero-order chi connectivity index (χ0) is 18.3. The number of rotatable bonds is 7. The van der Waals surface area contributed by atoms with Crippen LogP contribution >= 0.6 is 0 Å². The van der Waals surface area contributed by atoms with Gasteiger partial charge in [-0.15, -0.1) is 0 Å². The van der Waals surface area contributed by atoms with Crippen LogP contribution in [0.3, 0.4) is 0 Å². The number of ether oxygens (including phenoxy) is 2. The zero-order valence-electron chi connectivity index (χ0n) is 14.8. The van der Waals surface area contributed by atoms with Gasteiger partial charge in [-0.3, -0.25) is 4.79 Å². The number of nitrogens with one attached hydrogen (secondary N) is 1. The van der Waals surface area contributed by atoms with Gasteiger partial charge < -0.3 is 14.8 Å². The van der Waals surface area contributed by atoms with Gasteiger partial charge in [-0.2, -0.15) is 0 Å². The summed E-state index contributed by atoms with van der Waals surface area (Å²) in [5.74, 6) is -1.72. The lowest BCUT2D eigenvalue weighted by molar-refractivity contribution is -0.147. The fourth-order valence-corrected chi connectivity index (χ4v) is 2.09. The third kappa shape index (κ3) is 5.37. The van der Waals surface area contributed by atoms with Crippen LogP contribution in [0.1, 0.15) is 41.8 Å². The summed E-state index contributed by atoms with van der Waals surface area (Å²) < 4.78 is 9.70. The summed E-state index contributed by atoms with van der Waals surface area (Å²) in [7, 11) is 1.27. The predicted octanol–water partition coefficient (Wildman–Crippen LogP) is 2.16. The van der Waals surface area contributed by atoms with Gasteiger partial charge in [-0.05, 0) is 43.0 Å². The molecular formula is C18H25NO5. The molecular weight excluding hydrogens is 310 g/mol. The maximum absolute atomic E-state index is 12.0. The number of benzene rings is 1. The number of esters is 2. The van der Waals surface area contributed by atoms with Crippen molar-refractivity contribution in [3.8, 4) is 0 Å². The highest BCUT2D eigenvalue weighted by atomic mass is 16.5. The topological polar surface area (TPSA) is 81.7 Å². The van der Waals surface area contributed by atoms with Gasteiger partial charge in [0.05, 0.1) is 12.7 Å². The van der Waals surface area contributed by atoms with Crippen molar-refractivity contribution in [1.29, 1.82) is 0 Å². The standard InChI is InChI=1S/C18H25NO5/c1-6-11(2)16(18(22)23-5)19-15(20)10-24-17(21)14-8-7-12(3)13(4)9-14/h7-9,11,16H,6,10H2,1-5H3,(H,19,20)/t11-,16-/m1/s1. The van der Waals surface area contributed by atoms with E-state index in [4.69, 9.17) is 9.47 Å². The number of hydrogen-bond donors (Lipinski definition) is 1. The summed E-state index contributed by atoms with van der Waals surface area (Å²) in [5, 5.41) is 2.56. The Labute approximate surface area is 142 Å². The number of carbonyl (C=O) groups is 3. The molecule has 1 amide bonds. The lowest BCUT2D eigenvalue weighted by Crippen LogP contribution is -2.47. The molecule has 0 fully saturated rings. The molecule has 1 aromatic rings. The van der Waals surface area contributed by atoms with Crippen molar-refractivity contribution in [2.24, 2.45) is 5.92 Å². The smallest absolute Gasteiger partial charge is 0.338 e. The number of amides is 1. The molecule has 132 valence electrons. The Morgan fingerprint density at radius 3 is 2.38 bits per heavy atom.